The lowest BCUT2D eigenvalue weighted by atomic mass is 10.1. The number of rotatable bonds is 6. The molecular weight excluding hydrogens is 226 g/mol. The zero-order chi connectivity index (χ0) is 13.8. The highest BCUT2D eigenvalue weighted by Gasteiger charge is 2.11. The molecule has 5 nitrogen and oxygen atoms in total. The molecule has 0 aromatic carbocycles. The number of hydrogen-bond donors (Lipinski definition) is 1. The van der Waals surface area contributed by atoms with Crippen LogP contribution in [0.15, 0.2) is 6.33 Å². The molecule has 0 atom stereocenters. The van der Waals surface area contributed by atoms with Crippen molar-refractivity contribution in [3.05, 3.63) is 12.2 Å². The molecule has 18 heavy (non-hydrogen) atoms. The predicted octanol–water partition coefficient (Wildman–Crippen LogP) is 1.68. The van der Waals surface area contributed by atoms with Crippen molar-refractivity contribution in [3.63, 3.8) is 0 Å². The smallest absolute Gasteiger partial charge is 0.141 e. The lowest BCUT2D eigenvalue weighted by Gasteiger charge is -2.23. The van der Waals surface area contributed by atoms with Crippen molar-refractivity contribution in [1.29, 1.82) is 0 Å². The molecule has 0 aliphatic heterocycles. The number of aromatic nitrogens is 3. The molecule has 0 saturated carbocycles. The Balaban J connectivity index is 2.40. The normalized spacial score (nSPS) is 12.7. The van der Waals surface area contributed by atoms with Gasteiger partial charge in [0.25, 0.3) is 0 Å². The fourth-order valence-corrected chi connectivity index (χ4v) is 1.76. The Morgan fingerprint density at radius 2 is 2.06 bits per heavy atom. The number of hydrogen-bond acceptors (Lipinski definition) is 4. The third kappa shape index (κ3) is 5.14. The van der Waals surface area contributed by atoms with Crippen LogP contribution in [0.4, 0.5) is 0 Å². The molecule has 0 unspecified atom stereocenters. The van der Waals surface area contributed by atoms with Crippen LogP contribution in [0.1, 0.15) is 46.5 Å². The van der Waals surface area contributed by atoms with Crippen LogP contribution in [-0.2, 0) is 6.54 Å². The van der Waals surface area contributed by atoms with E-state index in [1.165, 1.54) is 0 Å². The van der Waals surface area contributed by atoms with Crippen molar-refractivity contribution in [1.82, 2.24) is 25.0 Å². The maximum Gasteiger partial charge on any atom is 0.141 e. The van der Waals surface area contributed by atoms with Gasteiger partial charge < -0.3 is 5.32 Å². The van der Waals surface area contributed by atoms with E-state index in [4.69, 9.17) is 0 Å². The minimum absolute atomic E-state index is 0.179. The standard InChI is InChI=1S/C13H27N5/c1-11(2)18-12(14-10-16-18)9-17(6)8-7-15-13(3,4)5/h10-11,15H,7-9H2,1-6H3. The highest BCUT2D eigenvalue weighted by atomic mass is 15.4. The molecule has 1 aromatic heterocycles. The lowest BCUT2D eigenvalue weighted by molar-refractivity contribution is 0.288. The number of nitrogens with zero attached hydrogens (tertiary/aromatic N) is 4. The van der Waals surface area contributed by atoms with E-state index in [0.29, 0.717) is 6.04 Å². The molecule has 0 bridgehead atoms. The second-order valence-electron chi connectivity index (χ2n) is 6.13. The highest BCUT2D eigenvalue weighted by Crippen LogP contribution is 2.07. The molecule has 1 N–H and O–H groups in total. The van der Waals surface area contributed by atoms with Gasteiger partial charge in [0.2, 0.25) is 0 Å². The summed E-state index contributed by atoms with van der Waals surface area (Å²) in [4.78, 5) is 6.59. The summed E-state index contributed by atoms with van der Waals surface area (Å²) in [7, 11) is 2.11. The largest absolute Gasteiger partial charge is 0.311 e. The Bertz CT molecular complexity index is 351. The van der Waals surface area contributed by atoms with Crippen molar-refractivity contribution in [2.45, 2.75) is 52.7 Å². The molecule has 0 fully saturated rings. The van der Waals surface area contributed by atoms with E-state index in [9.17, 15) is 0 Å². The van der Waals surface area contributed by atoms with Crippen molar-refractivity contribution in [3.8, 4) is 0 Å². The van der Waals surface area contributed by atoms with Gasteiger partial charge in [-0.1, -0.05) is 0 Å². The summed E-state index contributed by atoms with van der Waals surface area (Å²) >= 11 is 0. The Morgan fingerprint density at radius 3 is 2.61 bits per heavy atom. The molecule has 5 heteroatoms. The first-order valence-electron chi connectivity index (χ1n) is 6.61. The molecule has 0 amide bonds. The second kappa shape index (κ2) is 6.29. The average Bonchev–Trinajstić information content (AvgIpc) is 2.63. The lowest BCUT2D eigenvalue weighted by Crippen LogP contribution is -2.40. The van der Waals surface area contributed by atoms with E-state index in [2.05, 4.69) is 62.0 Å². The fraction of sp³-hybridized carbons (Fsp3) is 0.846. The van der Waals surface area contributed by atoms with Gasteiger partial charge in [0.15, 0.2) is 0 Å². The van der Waals surface area contributed by atoms with E-state index >= 15 is 0 Å². The van der Waals surface area contributed by atoms with E-state index < -0.39 is 0 Å². The minimum atomic E-state index is 0.179. The summed E-state index contributed by atoms with van der Waals surface area (Å²) in [6.07, 6.45) is 1.64. The number of nitrogens with one attached hydrogen (secondary N) is 1. The van der Waals surface area contributed by atoms with Crippen LogP contribution in [-0.4, -0.2) is 45.3 Å². The summed E-state index contributed by atoms with van der Waals surface area (Å²) in [5.41, 5.74) is 0.179. The van der Waals surface area contributed by atoms with Crippen molar-refractivity contribution in [2.24, 2.45) is 0 Å². The van der Waals surface area contributed by atoms with E-state index in [1.54, 1.807) is 6.33 Å². The first-order valence-corrected chi connectivity index (χ1v) is 6.61. The Labute approximate surface area is 111 Å². The van der Waals surface area contributed by atoms with Gasteiger partial charge in [0.05, 0.1) is 6.54 Å². The van der Waals surface area contributed by atoms with Gasteiger partial charge in [-0.15, -0.1) is 0 Å². The topological polar surface area (TPSA) is 46.0 Å². The molecule has 0 aliphatic carbocycles. The van der Waals surface area contributed by atoms with Gasteiger partial charge in [-0.2, -0.15) is 5.10 Å². The van der Waals surface area contributed by atoms with Gasteiger partial charge >= 0.3 is 0 Å². The quantitative estimate of drug-likeness (QED) is 0.838. The monoisotopic (exact) mass is 253 g/mol. The van der Waals surface area contributed by atoms with Gasteiger partial charge in [-0.3, -0.25) is 4.90 Å². The van der Waals surface area contributed by atoms with Crippen LogP contribution in [0.3, 0.4) is 0 Å². The van der Waals surface area contributed by atoms with Gasteiger partial charge in [0, 0.05) is 24.7 Å². The van der Waals surface area contributed by atoms with E-state index in [0.717, 1.165) is 25.5 Å². The second-order valence-corrected chi connectivity index (χ2v) is 6.13. The van der Waals surface area contributed by atoms with Gasteiger partial charge in [0.1, 0.15) is 12.2 Å². The molecule has 0 aliphatic rings. The molecule has 1 aromatic rings. The Morgan fingerprint density at radius 1 is 1.39 bits per heavy atom. The summed E-state index contributed by atoms with van der Waals surface area (Å²) in [6.45, 7) is 13.6. The van der Waals surface area contributed by atoms with Crippen LogP contribution in [0.25, 0.3) is 0 Å². The van der Waals surface area contributed by atoms with Crippen LogP contribution in [0, 0.1) is 0 Å². The molecule has 104 valence electrons. The van der Waals surface area contributed by atoms with E-state index in [1.807, 2.05) is 4.68 Å². The SMILES string of the molecule is CC(C)n1ncnc1CN(C)CCNC(C)(C)C. The molecule has 0 saturated heterocycles. The van der Waals surface area contributed by atoms with E-state index in [-0.39, 0.29) is 5.54 Å². The third-order valence-corrected chi connectivity index (χ3v) is 2.70. The number of likely N-dealkylation sites (N-methyl/N-ethyl adjacent to an activating group) is 1. The summed E-state index contributed by atoms with van der Waals surface area (Å²) < 4.78 is 1.98. The zero-order valence-corrected chi connectivity index (χ0v) is 12.6. The third-order valence-electron chi connectivity index (χ3n) is 2.70. The fourth-order valence-electron chi connectivity index (χ4n) is 1.76. The molecule has 1 heterocycles. The van der Waals surface area contributed by atoms with Crippen molar-refractivity contribution >= 4 is 0 Å². The molecule has 1 rings (SSSR count). The Kier molecular flexibility index (Phi) is 5.28. The predicted molar refractivity (Wildman–Crippen MR) is 74.5 cm³/mol. The average molecular weight is 253 g/mol. The van der Waals surface area contributed by atoms with Gasteiger partial charge in [-0.25, -0.2) is 9.67 Å². The van der Waals surface area contributed by atoms with Crippen LogP contribution >= 0.6 is 0 Å². The summed E-state index contributed by atoms with van der Waals surface area (Å²) in [5, 5.41) is 7.74. The minimum Gasteiger partial charge on any atom is -0.311 e. The first-order chi connectivity index (χ1) is 8.29. The zero-order valence-electron chi connectivity index (χ0n) is 12.6. The Hall–Kier alpha value is -0.940. The van der Waals surface area contributed by atoms with Crippen LogP contribution in [0.2, 0.25) is 0 Å². The highest BCUT2D eigenvalue weighted by molar-refractivity contribution is 4.86. The van der Waals surface area contributed by atoms with Crippen molar-refractivity contribution in [2.75, 3.05) is 20.1 Å². The maximum atomic E-state index is 4.32. The molecular formula is C13H27N5. The van der Waals surface area contributed by atoms with Crippen LogP contribution < -0.4 is 5.32 Å². The van der Waals surface area contributed by atoms with Crippen LogP contribution in [0.5, 0.6) is 0 Å². The first kappa shape index (κ1) is 15.1. The maximum absolute atomic E-state index is 4.32. The molecule has 0 radical (unpaired) electrons. The molecule has 0 spiro atoms. The van der Waals surface area contributed by atoms with Crippen molar-refractivity contribution < 1.29 is 0 Å². The summed E-state index contributed by atoms with van der Waals surface area (Å²) in [6, 6.07) is 0.364. The summed E-state index contributed by atoms with van der Waals surface area (Å²) in [5.74, 6) is 1.03. The van der Waals surface area contributed by atoms with Gasteiger partial charge in [-0.05, 0) is 41.7 Å².